The predicted octanol–water partition coefficient (Wildman–Crippen LogP) is 3.29. The number of nitrogens with zero attached hydrogens (tertiary/aromatic N) is 2. The molecule has 0 bridgehead atoms. The van der Waals surface area contributed by atoms with Crippen LogP contribution in [0.1, 0.15) is 16.7 Å². The van der Waals surface area contributed by atoms with E-state index in [2.05, 4.69) is 19.6 Å². The summed E-state index contributed by atoms with van der Waals surface area (Å²) in [5.41, 5.74) is 0.473. The Balaban J connectivity index is 1.68. The Labute approximate surface area is 188 Å². The molecule has 33 heavy (non-hydrogen) atoms. The Hall–Kier alpha value is -3.83. The summed E-state index contributed by atoms with van der Waals surface area (Å²) in [6.07, 6.45) is 1.44. The Morgan fingerprint density at radius 3 is 2.70 bits per heavy atom. The van der Waals surface area contributed by atoms with E-state index in [0.717, 1.165) is 0 Å². The number of ether oxygens (including phenoxy) is 1. The lowest BCUT2D eigenvalue weighted by Gasteiger charge is -2.12. The molecule has 0 aliphatic heterocycles. The number of nitrogens with one attached hydrogen (secondary N) is 2. The van der Waals surface area contributed by atoms with Crippen LogP contribution in [0.25, 0.3) is 11.0 Å². The molecule has 11 heteroatoms. The van der Waals surface area contributed by atoms with Crippen LogP contribution in [0, 0.1) is 12.7 Å². The molecule has 2 N–H and O–H groups in total. The van der Waals surface area contributed by atoms with Crippen molar-refractivity contribution in [1.29, 1.82) is 0 Å². The Bertz CT molecular complexity index is 1490. The fraction of sp³-hybridized carbons (Fsp3) is 0.136. The van der Waals surface area contributed by atoms with E-state index in [1.54, 1.807) is 37.3 Å². The molecule has 0 spiro atoms. The molecule has 4 rings (SSSR count). The Morgan fingerprint density at radius 2 is 1.97 bits per heavy atom. The van der Waals surface area contributed by atoms with Crippen molar-refractivity contribution in [2.75, 3.05) is 11.8 Å². The lowest BCUT2D eigenvalue weighted by Crippen LogP contribution is -2.27. The van der Waals surface area contributed by atoms with Crippen molar-refractivity contribution in [1.82, 2.24) is 14.9 Å². The number of fused-ring (bicyclic) bond motifs is 1. The van der Waals surface area contributed by atoms with Crippen molar-refractivity contribution < 1.29 is 22.0 Å². The highest BCUT2D eigenvalue weighted by Gasteiger charge is 2.18. The zero-order chi connectivity index (χ0) is 23.6. The quantitative estimate of drug-likeness (QED) is 0.397. The Kier molecular flexibility index (Phi) is 6.07. The predicted molar refractivity (Wildman–Crippen MR) is 120 cm³/mol. The number of hydrogen-bond acceptors (Lipinski definition) is 7. The zero-order valence-electron chi connectivity index (χ0n) is 17.6. The van der Waals surface area contributed by atoms with Gasteiger partial charge in [-0.2, -0.15) is 13.5 Å². The highest BCUT2D eigenvalue weighted by atomic mass is 32.2. The maximum absolute atomic E-state index is 14.9. The third-order valence-electron chi connectivity index (χ3n) is 4.99. The average Bonchev–Trinajstić information content (AvgIpc) is 2.79. The minimum absolute atomic E-state index is 0.0804. The third-order valence-corrected chi connectivity index (χ3v) is 6.01. The second-order valence-corrected chi connectivity index (χ2v) is 8.70. The lowest BCUT2D eigenvalue weighted by atomic mass is 9.99. The van der Waals surface area contributed by atoms with E-state index in [1.165, 1.54) is 31.4 Å². The first-order valence-corrected chi connectivity index (χ1v) is 11.3. The van der Waals surface area contributed by atoms with Gasteiger partial charge in [-0.3, -0.25) is 4.72 Å². The van der Waals surface area contributed by atoms with Crippen molar-refractivity contribution in [3.05, 3.63) is 87.7 Å². The standard InChI is InChI=1S/C22H19FN4O5S/c1-13-16-9-8-15(31-20-7-4-10-25-26-20)12-19(16)32-22(28)17(13)11-14-5-3-6-18(21(14)23)27-33(29,30)24-2/h3-10,12,24,27H,11H2,1-2H3. The summed E-state index contributed by atoms with van der Waals surface area (Å²) in [6.45, 7) is 1.74. The number of aromatic nitrogens is 2. The minimum Gasteiger partial charge on any atom is -0.437 e. The van der Waals surface area contributed by atoms with Crippen LogP contribution in [0.4, 0.5) is 10.1 Å². The molecule has 0 aliphatic rings. The molecule has 4 aromatic rings. The minimum atomic E-state index is -3.90. The first-order chi connectivity index (χ1) is 15.8. The average molecular weight is 470 g/mol. The van der Waals surface area contributed by atoms with Crippen LogP contribution in [-0.2, 0) is 16.6 Å². The van der Waals surface area contributed by atoms with Gasteiger partial charge in [-0.25, -0.2) is 13.9 Å². The molecule has 0 aliphatic carbocycles. The lowest BCUT2D eigenvalue weighted by molar-refractivity contribution is 0.453. The van der Waals surface area contributed by atoms with E-state index >= 15 is 0 Å². The first-order valence-electron chi connectivity index (χ1n) is 9.78. The number of aryl methyl sites for hydroxylation is 1. The summed E-state index contributed by atoms with van der Waals surface area (Å²) >= 11 is 0. The van der Waals surface area contributed by atoms with Gasteiger partial charge in [0.25, 0.3) is 10.2 Å². The largest absolute Gasteiger partial charge is 0.437 e. The fourth-order valence-corrected chi connectivity index (χ4v) is 3.84. The van der Waals surface area contributed by atoms with Gasteiger partial charge in [0.1, 0.15) is 11.3 Å². The number of benzene rings is 2. The smallest absolute Gasteiger partial charge is 0.340 e. The van der Waals surface area contributed by atoms with Crippen molar-refractivity contribution in [2.45, 2.75) is 13.3 Å². The zero-order valence-corrected chi connectivity index (χ0v) is 18.4. The molecule has 170 valence electrons. The highest BCUT2D eigenvalue weighted by molar-refractivity contribution is 7.90. The second kappa shape index (κ2) is 8.96. The maximum atomic E-state index is 14.9. The maximum Gasteiger partial charge on any atom is 0.340 e. The van der Waals surface area contributed by atoms with Gasteiger partial charge in [0.15, 0.2) is 5.82 Å². The van der Waals surface area contributed by atoms with E-state index in [9.17, 15) is 17.6 Å². The number of rotatable bonds is 7. The van der Waals surface area contributed by atoms with Crippen molar-refractivity contribution in [3.63, 3.8) is 0 Å². The molecule has 0 saturated heterocycles. The summed E-state index contributed by atoms with van der Waals surface area (Å²) < 4.78 is 53.6. The SMILES string of the molecule is CNS(=O)(=O)Nc1cccc(Cc2c(C)c3ccc(Oc4cccnn4)cc3oc2=O)c1F. The molecule has 2 aromatic heterocycles. The van der Waals surface area contributed by atoms with Gasteiger partial charge in [-0.05, 0) is 42.3 Å². The fourth-order valence-electron chi connectivity index (χ4n) is 3.29. The monoisotopic (exact) mass is 470 g/mol. The van der Waals surface area contributed by atoms with E-state index < -0.39 is 21.7 Å². The molecule has 9 nitrogen and oxygen atoms in total. The van der Waals surface area contributed by atoms with Gasteiger partial charge in [0, 0.05) is 42.7 Å². The van der Waals surface area contributed by atoms with Crippen LogP contribution in [0.3, 0.4) is 0 Å². The van der Waals surface area contributed by atoms with Gasteiger partial charge in [0.05, 0.1) is 5.69 Å². The van der Waals surface area contributed by atoms with Gasteiger partial charge in [-0.1, -0.05) is 12.1 Å². The molecule has 0 amide bonds. The van der Waals surface area contributed by atoms with E-state index in [1.807, 2.05) is 0 Å². The van der Waals surface area contributed by atoms with Crippen LogP contribution in [-0.4, -0.2) is 25.7 Å². The molecular weight excluding hydrogens is 451 g/mol. The number of hydrogen-bond donors (Lipinski definition) is 2. The molecule has 2 heterocycles. The van der Waals surface area contributed by atoms with Crippen LogP contribution in [0.15, 0.2) is 63.9 Å². The normalized spacial score (nSPS) is 11.5. The van der Waals surface area contributed by atoms with Crippen molar-refractivity contribution in [2.24, 2.45) is 0 Å². The van der Waals surface area contributed by atoms with Crippen LogP contribution < -0.4 is 19.8 Å². The summed E-state index contributed by atoms with van der Waals surface area (Å²) in [6, 6.07) is 12.6. The van der Waals surface area contributed by atoms with Gasteiger partial charge < -0.3 is 9.15 Å². The van der Waals surface area contributed by atoms with Crippen molar-refractivity contribution >= 4 is 26.9 Å². The molecule has 0 radical (unpaired) electrons. The molecular formula is C22H19FN4O5S. The van der Waals surface area contributed by atoms with E-state index in [0.29, 0.717) is 22.3 Å². The number of anilines is 1. The summed E-state index contributed by atoms with van der Waals surface area (Å²) in [5, 5.41) is 8.24. The summed E-state index contributed by atoms with van der Waals surface area (Å²) in [4.78, 5) is 12.7. The second-order valence-electron chi connectivity index (χ2n) is 7.08. The molecule has 0 unspecified atom stereocenters. The van der Waals surface area contributed by atoms with E-state index in [-0.39, 0.29) is 29.1 Å². The highest BCUT2D eigenvalue weighted by Crippen LogP contribution is 2.28. The van der Waals surface area contributed by atoms with Gasteiger partial charge in [0.2, 0.25) is 5.88 Å². The molecule has 2 aromatic carbocycles. The van der Waals surface area contributed by atoms with Crippen LogP contribution >= 0.6 is 0 Å². The van der Waals surface area contributed by atoms with Gasteiger partial charge in [-0.15, -0.1) is 5.10 Å². The van der Waals surface area contributed by atoms with Gasteiger partial charge >= 0.3 is 5.63 Å². The van der Waals surface area contributed by atoms with Crippen LogP contribution in [0.5, 0.6) is 11.6 Å². The molecule has 0 fully saturated rings. The summed E-state index contributed by atoms with van der Waals surface area (Å²) in [5.74, 6) is -0.0754. The van der Waals surface area contributed by atoms with Crippen molar-refractivity contribution in [3.8, 4) is 11.6 Å². The number of halogens is 1. The Morgan fingerprint density at radius 1 is 1.15 bits per heavy atom. The first kappa shape index (κ1) is 22.4. The topological polar surface area (TPSA) is 123 Å². The summed E-state index contributed by atoms with van der Waals surface area (Å²) in [7, 11) is -2.69. The molecule has 0 atom stereocenters. The third kappa shape index (κ3) is 4.83. The van der Waals surface area contributed by atoms with Crippen LogP contribution in [0.2, 0.25) is 0 Å². The van der Waals surface area contributed by atoms with E-state index in [4.69, 9.17) is 9.15 Å². The molecule has 0 saturated carbocycles.